The molecule has 8 heavy (non-hydrogen) atoms. The van der Waals surface area contributed by atoms with Gasteiger partial charge in [-0.05, 0) is 0 Å². The van der Waals surface area contributed by atoms with Crippen LogP contribution in [0.4, 0.5) is 0 Å². The van der Waals surface area contributed by atoms with Gasteiger partial charge in [0.05, 0.1) is 0 Å². The molecule has 0 atom stereocenters. The van der Waals surface area contributed by atoms with E-state index in [2.05, 4.69) is 4.74 Å². The van der Waals surface area contributed by atoms with Gasteiger partial charge < -0.3 is 4.74 Å². The second-order valence-electron chi connectivity index (χ2n) is 1.77. The van der Waals surface area contributed by atoms with Gasteiger partial charge in [0, 0.05) is 12.8 Å². The zero-order valence-corrected chi connectivity index (χ0v) is 4.46. The first-order chi connectivity index (χ1) is 3.93. The third-order valence-corrected chi connectivity index (χ3v) is 1.18. The van der Waals surface area contributed by atoms with Crippen molar-refractivity contribution >= 4 is 6.47 Å². The van der Waals surface area contributed by atoms with Gasteiger partial charge in [0.1, 0.15) is 6.10 Å². The average Bonchev–Trinajstić information content (AvgIpc) is 2.19. The van der Waals surface area contributed by atoms with Gasteiger partial charge in [-0.25, -0.2) is 4.79 Å². The molecule has 1 aliphatic carbocycles. The van der Waals surface area contributed by atoms with Gasteiger partial charge in [0.15, 0.2) is 0 Å². The topological polar surface area (TPSA) is 26.3 Å². The molecule has 1 aliphatic rings. The summed E-state index contributed by atoms with van der Waals surface area (Å²) in [5.41, 5.74) is 0. The molecule has 0 saturated heterocycles. The van der Waals surface area contributed by atoms with Crippen LogP contribution in [0.3, 0.4) is 0 Å². The second-order valence-corrected chi connectivity index (χ2v) is 1.77. The largest absolute Gasteiger partial charge is 0.453 e. The minimum atomic E-state index is 0.0764. The maximum atomic E-state index is 9.59. The molecule has 0 N–H and O–H groups in total. The predicted molar refractivity (Wildman–Crippen MR) is 28.9 cm³/mol. The summed E-state index contributed by atoms with van der Waals surface area (Å²) in [4.78, 5) is 9.59. The van der Waals surface area contributed by atoms with Crippen molar-refractivity contribution in [1.82, 2.24) is 0 Å². The number of rotatable bonds is 2. The predicted octanol–water partition coefficient (Wildman–Crippen LogP) is 0.789. The molecule has 0 heterocycles. The van der Waals surface area contributed by atoms with Crippen LogP contribution < -0.4 is 0 Å². The lowest BCUT2D eigenvalue weighted by molar-refractivity contribution is 0.189. The summed E-state index contributed by atoms with van der Waals surface area (Å²) in [6.45, 7) is 1.42. The third-order valence-electron chi connectivity index (χ3n) is 1.18. The molecule has 0 spiro atoms. The van der Waals surface area contributed by atoms with Crippen molar-refractivity contribution in [3.63, 3.8) is 0 Å². The Balaban J connectivity index is 2.19. The summed E-state index contributed by atoms with van der Waals surface area (Å²) in [6.07, 6.45) is 5.79. The number of carbonyl (C=O) groups excluding carboxylic acids is 1. The monoisotopic (exact) mass is 111 g/mol. The van der Waals surface area contributed by atoms with E-state index in [4.69, 9.17) is 0 Å². The molecular formula is C6H7O2. The lowest BCUT2D eigenvalue weighted by Gasteiger charge is -2.02. The highest BCUT2D eigenvalue weighted by atomic mass is 16.5. The van der Waals surface area contributed by atoms with Crippen LogP contribution in [0.25, 0.3) is 0 Å². The fraction of sp³-hybridized carbons (Fsp3) is 0.500. The smallest absolute Gasteiger partial charge is 0.417 e. The Morgan fingerprint density at radius 2 is 2.12 bits per heavy atom. The van der Waals surface area contributed by atoms with E-state index in [1.165, 1.54) is 6.47 Å². The highest BCUT2D eigenvalue weighted by Gasteiger charge is 2.09. The molecule has 43 valence electrons. The Bertz CT molecular complexity index is 99.1. The van der Waals surface area contributed by atoms with Crippen LogP contribution in [0, 0.1) is 0 Å². The minimum absolute atomic E-state index is 0.0764. The zero-order valence-electron chi connectivity index (χ0n) is 4.46. The first kappa shape index (κ1) is 5.35. The molecular weight excluding hydrogens is 104 g/mol. The highest BCUT2D eigenvalue weighted by molar-refractivity contribution is 5.39. The molecule has 0 saturated carbocycles. The van der Waals surface area contributed by atoms with E-state index < -0.39 is 0 Å². The van der Waals surface area contributed by atoms with Crippen LogP contribution in [-0.2, 0) is 9.53 Å². The summed E-state index contributed by atoms with van der Waals surface area (Å²) < 4.78 is 4.53. The van der Waals surface area contributed by atoms with E-state index in [0.29, 0.717) is 0 Å². The molecule has 0 bridgehead atoms. The Morgan fingerprint density at radius 3 is 2.62 bits per heavy atom. The number of hydrogen-bond donors (Lipinski definition) is 0. The van der Waals surface area contributed by atoms with Crippen LogP contribution in [0.2, 0.25) is 0 Å². The van der Waals surface area contributed by atoms with Crippen LogP contribution in [0.5, 0.6) is 0 Å². The molecule has 2 nitrogen and oxygen atoms in total. The standard InChI is InChI=1S/C6H7O2/c7-5-8-6-3-1-2-4-6/h1-2,6H,3-4H2. The summed E-state index contributed by atoms with van der Waals surface area (Å²) in [6, 6.07) is 0. The van der Waals surface area contributed by atoms with E-state index in [0.717, 1.165) is 12.8 Å². The summed E-state index contributed by atoms with van der Waals surface area (Å²) in [5.74, 6) is 0. The zero-order chi connectivity index (χ0) is 5.82. The van der Waals surface area contributed by atoms with Crippen molar-refractivity contribution in [2.24, 2.45) is 0 Å². The van der Waals surface area contributed by atoms with E-state index in [1.807, 2.05) is 12.2 Å². The molecule has 0 aromatic rings. The molecule has 0 fully saturated rings. The van der Waals surface area contributed by atoms with Gasteiger partial charge in [0.25, 0.3) is 0 Å². The minimum Gasteiger partial charge on any atom is -0.453 e. The quantitative estimate of drug-likeness (QED) is 0.492. The van der Waals surface area contributed by atoms with Gasteiger partial charge in [-0.3, -0.25) is 0 Å². The van der Waals surface area contributed by atoms with Crippen LogP contribution >= 0.6 is 0 Å². The fourth-order valence-corrected chi connectivity index (χ4v) is 0.757. The van der Waals surface area contributed by atoms with Gasteiger partial charge in [-0.2, -0.15) is 0 Å². The Labute approximate surface area is 48.1 Å². The average molecular weight is 111 g/mol. The van der Waals surface area contributed by atoms with Gasteiger partial charge in [-0.15, -0.1) is 0 Å². The van der Waals surface area contributed by atoms with Gasteiger partial charge >= 0.3 is 6.47 Å². The van der Waals surface area contributed by atoms with Crippen molar-refractivity contribution < 1.29 is 9.53 Å². The van der Waals surface area contributed by atoms with Crippen molar-refractivity contribution in [3.05, 3.63) is 12.2 Å². The second kappa shape index (κ2) is 2.50. The van der Waals surface area contributed by atoms with Crippen molar-refractivity contribution in [1.29, 1.82) is 0 Å². The number of ether oxygens (including phenoxy) is 1. The lowest BCUT2D eigenvalue weighted by Crippen LogP contribution is -2.05. The number of hydrogen-bond acceptors (Lipinski definition) is 2. The van der Waals surface area contributed by atoms with E-state index >= 15 is 0 Å². The molecule has 0 aromatic carbocycles. The Hall–Kier alpha value is -0.790. The first-order valence-corrected chi connectivity index (χ1v) is 2.61. The van der Waals surface area contributed by atoms with Crippen molar-refractivity contribution in [2.75, 3.05) is 0 Å². The van der Waals surface area contributed by atoms with E-state index in [1.54, 1.807) is 0 Å². The maximum Gasteiger partial charge on any atom is 0.417 e. The van der Waals surface area contributed by atoms with Crippen LogP contribution in [-0.4, -0.2) is 12.6 Å². The van der Waals surface area contributed by atoms with Gasteiger partial charge in [0.2, 0.25) is 0 Å². The first-order valence-electron chi connectivity index (χ1n) is 2.61. The summed E-state index contributed by atoms with van der Waals surface area (Å²) in [7, 11) is 0. The molecule has 2 heteroatoms. The van der Waals surface area contributed by atoms with Crippen molar-refractivity contribution in [3.8, 4) is 0 Å². The highest BCUT2D eigenvalue weighted by Crippen LogP contribution is 2.11. The maximum absolute atomic E-state index is 9.59. The molecule has 1 radical (unpaired) electrons. The third kappa shape index (κ3) is 1.09. The molecule has 0 aromatic heterocycles. The summed E-state index contributed by atoms with van der Waals surface area (Å²) >= 11 is 0. The Morgan fingerprint density at radius 1 is 1.50 bits per heavy atom. The lowest BCUT2D eigenvalue weighted by atomic mass is 10.3. The van der Waals surface area contributed by atoms with E-state index in [-0.39, 0.29) is 6.10 Å². The van der Waals surface area contributed by atoms with E-state index in [9.17, 15) is 4.79 Å². The van der Waals surface area contributed by atoms with Crippen molar-refractivity contribution in [2.45, 2.75) is 18.9 Å². The normalized spacial score (nSPS) is 19.0. The van der Waals surface area contributed by atoms with Crippen LogP contribution in [0.15, 0.2) is 12.2 Å². The van der Waals surface area contributed by atoms with Gasteiger partial charge in [-0.1, -0.05) is 12.2 Å². The molecule has 0 unspecified atom stereocenters. The molecule has 1 rings (SSSR count). The molecule has 0 amide bonds. The SMILES string of the molecule is O=[C]OC1CC=CC1. The summed E-state index contributed by atoms with van der Waals surface area (Å²) in [5, 5.41) is 0. The van der Waals surface area contributed by atoms with Crippen LogP contribution in [0.1, 0.15) is 12.8 Å². The fourth-order valence-electron chi connectivity index (χ4n) is 0.757. The molecule has 0 aliphatic heterocycles. The Kier molecular flexibility index (Phi) is 1.67.